The minimum atomic E-state index is -4.55. The van der Waals surface area contributed by atoms with Gasteiger partial charge in [0.2, 0.25) is 5.91 Å². The van der Waals surface area contributed by atoms with E-state index in [1.54, 1.807) is 29.2 Å². The quantitative estimate of drug-likeness (QED) is 0.401. The molecule has 0 aromatic heterocycles. The van der Waals surface area contributed by atoms with Crippen LogP contribution in [0.3, 0.4) is 0 Å². The predicted molar refractivity (Wildman–Crippen MR) is 131 cm³/mol. The Morgan fingerprint density at radius 2 is 2.03 bits per heavy atom. The molecule has 3 N–H and O–H groups in total. The molecule has 1 saturated heterocycles. The fourth-order valence-electron chi connectivity index (χ4n) is 3.60. The van der Waals surface area contributed by atoms with Crippen LogP contribution in [0, 0.1) is 5.41 Å². The van der Waals surface area contributed by atoms with E-state index in [-0.39, 0.29) is 29.6 Å². The summed E-state index contributed by atoms with van der Waals surface area (Å²) >= 11 is 6.90. The number of alkyl halides is 3. The number of thioether (sulfide) groups is 1. The molecule has 0 spiro atoms. The van der Waals surface area contributed by atoms with Crippen LogP contribution in [-0.2, 0) is 22.3 Å². The van der Waals surface area contributed by atoms with Gasteiger partial charge < -0.3 is 20.9 Å². The van der Waals surface area contributed by atoms with Crippen molar-refractivity contribution in [2.45, 2.75) is 12.7 Å². The van der Waals surface area contributed by atoms with E-state index < -0.39 is 17.6 Å². The lowest BCUT2D eigenvalue weighted by molar-refractivity contribution is -0.138. The summed E-state index contributed by atoms with van der Waals surface area (Å²) < 4.78 is 40.1. The fraction of sp³-hybridized carbons (Fsp3) is 0.217. The smallest absolute Gasteiger partial charge is 0.380 e. The van der Waals surface area contributed by atoms with Crippen molar-refractivity contribution in [2.75, 3.05) is 25.0 Å². The van der Waals surface area contributed by atoms with Crippen LogP contribution in [0.15, 0.2) is 46.3 Å². The molecule has 4 rings (SSSR count). The van der Waals surface area contributed by atoms with Gasteiger partial charge in [-0.25, -0.2) is 0 Å². The first kappa shape index (κ1) is 24.8. The monoisotopic (exact) mass is 521 g/mol. The maximum Gasteiger partial charge on any atom is 0.416 e. The number of piperazine rings is 1. The van der Waals surface area contributed by atoms with E-state index in [2.05, 4.69) is 15.6 Å². The third-order valence-electron chi connectivity index (χ3n) is 5.29. The Hall–Kier alpha value is -3.31. The highest BCUT2D eigenvalue weighted by molar-refractivity contribution is 8.18. The highest BCUT2D eigenvalue weighted by Crippen LogP contribution is 2.35. The molecule has 0 aliphatic carbocycles. The van der Waals surface area contributed by atoms with E-state index in [9.17, 15) is 22.8 Å². The first-order chi connectivity index (χ1) is 16.6. The zero-order valence-corrected chi connectivity index (χ0v) is 19.7. The number of carbonyl (C=O) groups is 2. The Kier molecular flexibility index (Phi) is 7.18. The lowest BCUT2D eigenvalue weighted by Gasteiger charge is -2.27. The second-order valence-corrected chi connectivity index (χ2v) is 9.17. The van der Waals surface area contributed by atoms with Crippen LogP contribution in [-0.4, -0.2) is 47.7 Å². The Balaban J connectivity index is 1.49. The van der Waals surface area contributed by atoms with E-state index in [1.807, 2.05) is 0 Å². The highest BCUT2D eigenvalue weighted by atomic mass is 35.5. The van der Waals surface area contributed by atoms with Crippen molar-refractivity contribution in [3.8, 4) is 0 Å². The molecule has 0 bridgehead atoms. The lowest BCUT2D eigenvalue weighted by atomic mass is 10.1. The van der Waals surface area contributed by atoms with Crippen molar-refractivity contribution in [2.24, 2.45) is 4.99 Å². The van der Waals surface area contributed by atoms with Crippen LogP contribution in [0.4, 0.5) is 18.9 Å². The van der Waals surface area contributed by atoms with Crippen molar-refractivity contribution >= 4 is 58.3 Å². The number of amides is 2. The summed E-state index contributed by atoms with van der Waals surface area (Å²) in [5, 5.41) is 13.8. The maximum absolute atomic E-state index is 13.4. The molecule has 2 heterocycles. The summed E-state index contributed by atoms with van der Waals surface area (Å²) in [5.74, 6) is -0.555. The normalized spacial score (nSPS) is 17.4. The molecule has 2 aliphatic rings. The molecule has 1 fully saturated rings. The Morgan fingerprint density at radius 1 is 1.23 bits per heavy atom. The van der Waals surface area contributed by atoms with Gasteiger partial charge in [0.25, 0.3) is 5.91 Å². The predicted octanol–water partition coefficient (Wildman–Crippen LogP) is 4.37. The summed E-state index contributed by atoms with van der Waals surface area (Å²) in [6.07, 6.45) is -1.84. The summed E-state index contributed by atoms with van der Waals surface area (Å²) in [6.45, 7) is 1.04. The van der Waals surface area contributed by atoms with Gasteiger partial charge in [-0.2, -0.15) is 18.2 Å². The summed E-state index contributed by atoms with van der Waals surface area (Å²) in [4.78, 5) is 30.1. The van der Waals surface area contributed by atoms with Crippen molar-refractivity contribution in [1.29, 1.82) is 5.41 Å². The average Bonchev–Trinajstić information content (AvgIpc) is 3.18. The second kappa shape index (κ2) is 10.1. The van der Waals surface area contributed by atoms with E-state index in [1.165, 1.54) is 23.9 Å². The van der Waals surface area contributed by atoms with Gasteiger partial charge in [-0.3, -0.25) is 9.59 Å². The first-order valence-corrected chi connectivity index (χ1v) is 11.6. The Labute approximate surface area is 207 Å². The number of nitrogens with zero attached hydrogens (tertiary/aromatic N) is 2. The van der Waals surface area contributed by atoms with Gasteiger partial charge in [-0.05, 0) is 53.2 Å². The SMILES string of the molecule is N=Cc1cc(/C=C2\SC(N3CCNC(=O)C3)=NC2=O)ccc1NCc1ccc(Cl)cc1C(F)(F)F. The molecule has 7 nitrogen and oxygen atoms in total. The lowest BCUT2D eigenvalue weighted by Crippen LogP contribution is -2.49. The van der Waals surface area contributed by atoms with Gasteiger partial charge in [0.05, 0.1) is 17.0 Å². The molecular weight excluding hydrogens is 503 g/mol. The number of aliphatic imine (C=N–C) groups is 1. The topological polar surface area (TPSA) is 97.7 Å². The summed E-state index contributed by atoms with van der Waals surface area (Å²) in [5.41, 5.74) is 0.723. The Morgan fingerprint density at radius 3 is 2.74 bits per heavy atom. The number of benzene rings is 2. The van der Waals surface area contributed by atoms with Gasteiger partial charge in [0.1, 0.15) is 0 Å². The number of rotatable bonds is 5. The summed E-state index contributed by atoms with van der Waals surface area (Å²) in [6, 6.07) is 8.56. The van der Waals surface area contributed by atoms with Gasteiger partial charge >= 0.3 is 6.18 Å². The fourth-order valence-corrected chi connectivity index (χ4v) is 4.71. The number of carbonyl (C=O) groups excluding carboxylic acids is 2. The van der Waals surface area contributed by atoms with Gasteiger partial charge in [0.15, 0.2) is 5.17 Å². The van der Waals surface area contributed by atoms with Crippen molar-refractivity contribution in [3.05, 3.63) is 68.6 Å². The Bertz CT molecular complexity index is 1260. The minimum absolute atomic E-state index is 0.00587. The van der Waals surface area contributed by atoms with Crippen molar-refractivity contribution in [1.82, 2.24) is 10.2 Å². The first-order valence-electron chi connectivity index (χ1n) is 10.4. The molecule has 2 aromatic rings. The number of nitrogens with one attached hydrogen (secondary N) is 3. The van der Waals surface area contributed by atoms with Crippen LogP contribution >= 0.6 is 23.4 Å². The van der Waals surface area contributed by atoms with Crippen molar-refractivity contribution < 1.29 is 22.8 Å². The molecular formula is C23H19ClF3N5O2S. The molecule has 0 saturated carbocycles. The minimum Gasteiger partial charge on any atom is -0.380 e. The van der Waals surface area contributed by atoms with E-state index in [0.29, 0.717) is 40.0 Å². The van der Waals surface area contributed by atoms with Gasteiger partial charge in [-0.1, -0.05) is 23.7 Å². The molecule has 0 radical (unpaired) electrons. The highest BCUT2D eigenvalue weighted by Gasteiger charge is 2.33. The molecule has 12 heteroatoms. The van der Waals surface area contributed by atoms with Gasteiger partial charge in [0, 0.05) is 42.1 Å². The molecule has 2 aromatic carbocycles. The van der Waals surface area contributed by atoms with Crippen LogP contribution in [0.5, 0.6) is 0 Å². The third kappa shape index (κ3) is 5.85. The van der Waals surface area contributed by atoms with Crippen LogP contribution in [0.25, 0.3) is 6.08 Å². The largest absolute Gasteiger partial charge is 0.416 e. The van der Waals surface area contributed by atoms with E-state index in [0.717, 1.165) is 12.3 Å². The number of hydrogen-bond acceptors (Lipinski definition) is 6. The molecule has 182 valence electrons. The number of anilines is 1. The van der Waals surface area contributed by atoms with Crippen LogP contribution in [0.1, 0.15) is 22.3 Å². The number of halogens is 4. The molecule has 35 heavy (non-hydrogen) atoms. The zero-order chi connectivity index (χ0) is 25.2. The summed E-state index contributed by atoms with van der Waals surface area (Å²) in [7, 11) is 0. The van der Waals surface area contributed by atoms with E-state index >= 15 is 0 Å². The third-order valence-corrected chi connectivity index (χ3v) is 6.57. The average molecular weight is 522 g/mol. The van der Waals surface area contributed by atoms with E-state index in [4.69, 9.17) is 17.0 Å². The molecule has 0 unspecified atom stereocenters. The maximum atomic E-state index is 13.4. The number of hydrogen-bond donors (Lipinski definition) is 3. The number of amidine groups is 1. The van der Waals surface area contributed by atoms with Crippen molar-refractivity contribution in [3.63, 3.8) is 0 Å². The van der Waals surface area contributed by atoms with Crippen LogP contribution in [0.2, 0.25) is 5.02 Å². The molecule has 2 aliphatic heterocycles. The second-order valence-electron chi connectivity index (χ2n) is 7.73. The zero-order valence-electron chi connectivity index (χ0n) is 18.1. The molecule has 0 atom stereocenters. The standard InChI is InChI=1S/C23H19ClF3N5O2S/c24-16-3-2-14(17(9-16)23(25,26)27)11-30-18-4-1-13(7-15(18)10-28)8-19-21(34)31-22(35-19)32-6-5-29-20(33)12-32/h1-4,7-10,28,30H,5-6,11-12H2,(H,29,33)/b19-8-,28-10?. The molecule has 2 amide bonds. The van der Waals surface area contributed by atoms with Gasteiger partial charge in [-0.15, -0.1) is 0 Å². The van der Waals surface area contributed by atoms with Crippen LogP contribution < -0.4 is 10.6 Å².